The molecule has 25 heavy (non-hydrogen) atoms. The molecule has 2 amide bonds. The topological polar surface area (TPSA) is 64.1 Å². The van der Waals surface area contributed by atoms with E-state index in [9.17, 15) is 14.0 Å². The standard InChI is InChI=1S/C18H24FN3O3/c1-13-2-3-16(15(19)10-13)22-12-14(11-17(22)24)18(25)21-6-4-20(5-7-21)8-9-23/h2-3,10,14,23H,4-9,11-12H2,1H3/t14-/m1/s1. The Kier molecular flexibility index (Phi) is 5.34. The molecule has 136 valence electrons. The first-order valence-electron chi connectivity index (χ1n) is 8.68. The highest BCUT2D eigenvalue weighted by Gasteiger charge is 2.38. The number of aryl methyl sites for hydroxylation is 1. The maximum absolute atomic E-state index is 14.2. The van der Waals surface area contributed by atoms with Crippen LogP contribution in [-0.4, -0.2) is 72.6 Å². The van der Waals surface area contributed by atoms with Crippen LogP contribution in [0.2, 0.25) is 0 Å². The number of rotatable bonds is 4. The molecular formula is C18H24FN3O3. The Morgan fingerprint density at radius 1 is 1.28 bits per heavy atom. The molecule has 2 fully saturated rings. The van der Waals surface area contributed by atoms with E-state index in [0.29, 0.717) is 19.6 Å². The number of hydrogen-bond acceptors (Lipinski definition) is 4. The molecule has 0 radical (unpaired) electrons. The van der Waals surface area contributed by atoms with E-state index in [1.807, 2.05) is 0 Å². The molecule has 1 aromatic rings. The Hall–Kier alpha value is -1.99. The second-order valence-electron chi connectivity index (χ2n) is 6.75. The van der Waals surface area contributed by atoms with Crippen molar-refractivity contribution in [1.29, 1.82) is 0 Å². The Balaban J connectivity index is 1.63. The molecule has 0 aromatic heterocycles. The van der Waals surface area contributed by atoms with E-state index < -0.39 is 11.7 Å². The normalized spacial score (nSPS) is 21.9. The summed E-state index contributed by atoms with van der Waals surface area (Å²) < 4.78 is 14.2. The lowest BCUT2D eigenvalue weighted by atomic mass is 10.1. The van der Waals surface area contributed by atoms with Gasteiger partial charge in [0.05, 0.1) is 18.2 Å². The highest BCUT2D eigenvalue weighted by atomic mass is 19.1. The van der Waals surface area contributed by atoms with Gasteiger partial charge in [0, 0.05) is 45.7 Å². The van der Waals surface area contributed by atoms with Crippen LogP contribution in [0.3, 0.4) is 0 Å². The highest BCUT2D eigenvalue weighted by Crippen LogP contribution is 2.29. The average Bonchev–Trinajstić information content (AvgIpc) is 2.97. The van der Waals surface area contributed by atoms with Crippen molar-refractivity contribution in [3.63, 3.8) is 0 Å². The molecule has 0 bridgehead atoms. The number of anilines is 1. The number of hydrogen-bond donors (Lipinski definition) is 1. The first kappa shape index (κ1) is 17.8. The summed E-state index contributed by atoms with van der Waals surface area (Å²) >= 11 is 0. The molecule has 2 saturated heterocycles. The third-order valence-corrected chi connectivity index (χ3v) is 4.97. The van der Waals surface area contributed by atoms with Crippen LogP contribution in [0.15, 0.2) is 18.2 Å². The van der Waals surface area contributed by atoms with E-state index in [4.69, 9.17) is 5.11 Å². The van der Waals surface area contributed by atoms with E-state index in [2.05, 4.69) is 4.90 Å². The molecule has 1 atom stereocenters. The minimum atomic E-state index is -0.431. The zero-order valence-corrected chi connectivity index (χ0v) is 14.4. The van der Waals surface area contributed by atoms with Gasteiger partial charge in [-0.2, -0.15) is 0 Å². The van der Waals surface area contributed by atoms with Crippen molar-refractivity contribution in [3.8, 4) is 0 Å². The van der Waals surface area contributed by atoms with Crippen LogP contribution in [-0.2, 0) is 9.59 Å². The number of carbonyl (C=O) groups is 2. The number of nitrogens with zero attached hydrogens (tertiary/aromatic N) is 3. The largest absolute Gasteiger partial charge is 0.395 e. The fraction of sp³-hybridized carbons (Fsp3) is 0.556. The Morgan fingerprint density at radius 3 is 2.64 bits per heavy atom. The molecule has 1 N–H and O–H groups in total. The number of piperazine rings is 1. The minimum absolute atomic E-state index is 0.0352. The Morgan fingerprint density at radius 2 is 2.00 bits per heavy atom. The molecule has 2 aliphatic rings. The predicted molar refractivity (Wildman–Crippen MR) is 91.7 cm³/mol. The molecular weight excluding hydrogens is 325 g/mol. The van der Waals surface area contributed by atoms with Gasteiger partial charge < -0.3 is 14.9 Å². The number of amides is 2. The van der Waals surface area contributed by atoms with Gasteiger partial charge in [-0.1, -0.05) is 6.07 Å². The third kappa shape index (κ3) is 3.82. The van der Waals surface area contributed by atoms with Gasteiger partial charge in [0.25, 0.3) is 0 Å². The van der Waals surface area contributed by atoms with Gasteiger partial charge in [0.1, 0.15) is 5.82 Å². The second kappa shape index (κ2) is 7.49. The van der Waals surface area contributed by atoms with Crippen LogP contribution >= 0.6 is 0 Å². The lowest BCUT2D eigenvalue weighted by Crippen LogP contribution is -2.51. The van der Waals surface area contributed by atoms with Crippen molar-refractivity contribution in [1.82, 2.24) is 9.80 Å². The summed E-state index contributed by atoms with van der Waals surface area (Å²) in [5.74, 6) is -1.09. The first-order valence-corrected chi connectivity index (χ1v) is 8.68. The molecule has 1 aromatic carbocycles. The summed E-state index contributed by atoms with van der Waals surface area (Å²) in [6.07, 6.45) is 0.128. The van der Waals surface area contributed by atoms with Crippen molar-refractivity contribution >= 4 is 17.5 Å². The van der Waals surface area contributed by atoms with Crippen molar-refractivity contribution in [2.75, 3.05) is 50.8 Å². The van der Waals surface area contributed by atoms with E-state index in [1.54, 1.807) is 24.0 Å². The van der Waals surface area contributed by atoms with Gasteiger partial charge in [0.2, 0.25) is 11.8 Å². The van der Waals surface area contributed by atoms with Gasteiger partial charge in [-0.3, -0.25) is 14.5 Å². The van der Waals surface area contributed by atoms with Gasteiger partial charge in [0.15, 0.2) is 0 Å². The summed E-state index contributed by atoms with van der Waals surface area (Å²) in [6.45, 7) is 5.40. The van der Waals surface area contributed by atoms with Crippen molar-refractivity contribution in [3.05, 3.63) is 29.6 Å². The number of aliphatic hydroxyl groups is 1. The van der Waals surface area contributed by atoms with Crippen molar-refractivity contribution in [2.45, 2.75) is 13.3 Å². The molecule has 3 rings (SSSR count). The van der Waals surface area contributed by atoms with Crippen LogP contribution in [0.25, 0.3) is 0 Å². The monoisotopic (exact) mass is 349 g/mol. The summed E-state index contributed by atoms with van der Waals surface area (Å²) in [6, 6.07) is 4.77. The van der Waals surface area contributed by atoms with Crippen molar-refractivity contribution < 1.29 is 19.1 Å². The quantitative estimate of drug-likeness (QED) is 0.866. The maximum atomic E-state index is 14.2. The molecule has 7 heteroatoms. The SMILES string of the molecule is Cc1ccc(N2C[C@H](C(=O)N3CCN(CCO)CC3)CC2=O)c(F)c1. The molecule has 2 heterocycles. The summed E-state index contributed by atoms with van der Waals surface area (Å²) in [5.41, 5.74) is 1.04. The van der Waals surface area contributed by atoms with Gasteiger partial charge in [-0.15, -0.1) is 0 Å². The highest BCUT2D eigenvalue weighted by molar-refractivity contribution is 6.00. The second-order valence-corrected chi connectivity index (χ2v) is 6.75. The van der Waals surface area contributed by atoms with Gasteiger partial charge >= 0.3 is 0 Å². The summed E-state index contributed by atoms with van der Waals surface area (Å²) in [4.78, 5) is 30.3. The summed E-state index contributed by atoms with van der Waals surface area (Å²) in [5, 5.41) is 8.98. The van der Waals surface area contributed by atoms with Gasteiger partial charge in [-0.25, -0.2) is 4.39 Å². The Labute approximate surface area is 146 Å². The average molecular weight is 349 g/mol. The number of β-amino-alcohol motifs (C(OH)–C–C–N with tert-alkyl or cyclic N) is 1. The molecule has 6 nitrogen and oxygen atoms in total. The molecule has 0 saturated carbocycles. The number of halogens is 1. The number of aliphatic hydroxyl groups excluding tert-OH is 1. The fourth-order valence-electron chi connectivity index (χ4n) is 3.53. The number of carbonyl (C=O) groups excluding carboxylic acids is 2. The molecule has 0 unspecified atom stereocenters. The van der Waals surface area contributed by atoms with Crippen LogP contribution in [0.4, 0.5) is 10.1 Å². The van der Waals surface area contributed by atoms with Crippen molar-refractivity contribution in [2.24, 2.45) is 5.92 Å². The van der Waals surface area contributed by atoms with Crippen LogP contribution < -0.4 is 4.90 Å². The smallest absolute Gasteiger partial charge is 0.228 e. The van der Waals surface area contributed by atoms with E-state index in [1.165, 1.54) is 11.0 Å². The zero-order chi connectivity index (χ0) is 18.0. The molecule has 0 aliphatic carbocycles. The first-order chi connectivity index (χ1) is 12.0. The zero-order valence-electron chi connectivity index (χ0n) is 14.4. The third-order valence-electron chi connectivity index (χ3n) is 4.97. The number of benzene rings is 1. The fourth-order valence-corrected chi connectivity index (χ4v) is 3.53. The maximum Gasteiger partial charge on any atom is 0.228 e. The minimum Gasteiger partial charge on any atom is -0.395 e. The van der Waals surface area contributed by atoms with E-state index in [-0.39, 0.29) is 37.1 Å². The van der Waals surface area contributed by atoms with Crippen LogP contribution in [0, 0.1) is 18.7 Å². The van der Waals surface area contributed by atoms with E-state index >= 15 is 0 Å². The van der Waals surface area contributed by atoms with E-state index in [0.717, 1.165) is 18.7 Å². The predicted octanol–water partition coefficient (Wildman–Crippen LogP) is 0.624. The Bertz CT molecular complexity index is 659. The van der Waals surface area contributed by atoms with Gasteiger partial charge in [-0.05, 0) is 24.6 Å². The van der Waals surface area contributed by atoms with Crippen LogP contribution in [0.1, 0.15) is 12.0 Å². The molecule has 2 aliphatic heterocycles. The lowest BCUT2D eigenvalue weighted by Gasteiger charge is -2.35. The lowest BCUT2D eigenvalue weighted by molar-refractivity contribution is -0.137. The molecule has 0 spiro atoms. The van der Waals surface area contributed by atoms with Crippen LogP contribution in [0.5, 0.6) is 0 Å². The summed E-state index contributed by atoms with van der Waals surface area (Å²) in [7, 11) is 0.